The first-order valence-corrected chi connectivity index (χ1v) is 15.9. The number of halogens is 2. The summed E-state index contributed by atoms with van der Waals surface area (Å²) in [6.45, 7) is 1.88. The second-order valence-electron chi connectivity index (χ2n) is 12.5. The molecule has 0 saturated carbocycles. The van der Waals surface area contributed by atoms with Crippen molar-refractivity contribution in [1.29, 1.82) is 0 Å². The van der Waals surface area contributed by atoms with Crippen LogP contribution in [0.5, 0.6) is 0 Å². The van der Waals surface area contributed by atoms with E-state index in [1.54, 1.807) is 11.1 Å². The highest BCUT2D eigenvalue weighted by molar-refractivity contribution is 5.93. The van der Waals surface area contributed by atoms with E-state index in [1.165, 1.54) is 23.1 Å². The number of hydrogen-bond donors (Lipinski definition) is 1. The Labute approximate surface area is 273 Å². The predicted molar refractivity (Wildman–Crippen MR) is 174 cm³/mol. The van der Waals surface area contributed by atoms with Crippen LogP contribution in [0.25, 0.3) is 39.0 Å². The number of rotatable bonds is 2. The number of amides is 1. The minimum absolute atomic E-state index is 0.0202. The van der Waals surface area contributed by atoms with Gasteiger partial charge in [-0.05, 0) is 43.2 Å². The third-order valence-corrected chi connectivity index (χ3v) is 9.58. The van der Waals surface area contributed by atoms with Gasteiger partial charge in [0.15, 0.2) is 11.5 Å². The molecule has 7 heterocycles. The highest BCUT2D eigenvalue weighted by Gasteiger charge is 2.40. The smallest absolute Gasteiger partial charge is 0.245 e. The summed E-state index contributed by atoms with van der Waals surface area (Å²) in [7, 11) is 1.83. The van der Waals surface area contributed by atoms with Gasteiger partial charge in [-0.25, -0.2) is 33.4 Å². The summed E-state index contributed by atoms with van der Waals surface area (Å²) in [5.41, 5.74) is 4.13. The van der Waals surface area contributed by atoms with Crippen molar-refractivity contribution in [2.75, 3.05) is 37.0 Å². The van der Waals surface area contributed by atoms with Crippen LogP contribution in [0, 0.1) is 11.6 Å². The number of imidazole rings is 1. The van der Waals surface area contributed by atoms with E-state index < -0.39 is 17.7 Å². The minimum Gasteiger partial charge on any atom is -0.371 e. The molecular weight excluding hydrogens is 618 g/mol. The molecule has 14 heteroatoms. The maximum atomic E-state index is 14.8. The van der Waals surface area contributed by atoms with Crippen LogP contribution in [0.4, 0.5) is 20.4 Å². The summed E-state index contributed by atoms with van der Waals surface area (Å²) in [4.78, 5) is 37.0. The molecule has 4 aromatic heterocycles. The number of anilines is 2. The minimum atomic E-state index is -0.766. The number of carbonyl (C=O) groups excluding carboxylic acids is 1. The van der Waals surface area contributed by atoms with Crippen molar-refractivity contribution in [3.05, 3.63) is 84.6 Å². The summed E-state index contributed by atoms with van der Waals surface area (Å²) in [6.07, 6.45) is 4.10. The number of para-hydroxylation sites is 1. The number of fused-ring (bicyclic) bond motifs is 6. The standard InChI is InChI=1S/C34H30F2N10O2/c1-43-11-10-21-16-48-17-30-42-26-6-2-4-22(31(26)45(21)30)25-5-3-7-29(41-25)40-20-13-28(34(43)47)44(15-20)32-23-14-39-46(33(23)38-18-37-32)27-9-8-19(35)12-24(27)36/h2-9,12,14,18,20-21,28H,10-11,13,15-17H2,1H3,(H,40,41)/t20-,21+,28-/m0/s1. The SMILES string of the molecule is CN1CC[C@@H]2COCc3nc4cccc(c4n32)-c2cccc(n2)N[C@H]2C[C@@H](C1=O)N(c1ncnc3c1cnn3-c1ccc(F)cc1F)C2. The zero-order valence-corrected chi connectivity index (χ0v) is 25.9. The van der Waals surface area contributed by atoms with Crippen molar-refractivity contribution >= 4 is 39.6 Å². The molecule has 4 bridgehead atoms. The topological polar surface area (TPSA) is 119 Å². The van der Waals surface area contributed by atoms with E-state index in [-0.39, 0.29) is 23.7 Å². The lowest BCUT2D eigenvalue weighted by atomic mass is 10.1. The van der Waals surface area contributed by atoms with Crippen LogP contribution in [0.3, 0.4) is 0 Å². The Morgan fingerprint density at radius 2 is 1.94 bits per heavy atom. The third kappa shape index (κ3) is 4.58. The lowest BCUT2D eigenvalue weighted by molar-refractivity contribution is -0.131. The van der Waals surface area contributed by atoms with Crippen molar-refractivity contribution in [3.8, 4) is 16.9 Å². The van der Waals surface area contributed by atoms with Crippen molar-refractivity contribution in [2.45, 2.75) is 37.6 Å². The van der Waals surface area contributed by atoms with Crippen LogP contribution in [0.2, 0.25) is 0 Å². The molecule has 0 aliphatic carbocycles. The molecule has 3 aliphatic heterocycles. The summed E-state index contributed by atoms with van der Waals surface area (Å²) < 4.78 is 38.0. The Bertz CT molecular complexity index is 2240. The molecule has 1 N–H and O–H groups in total. The van der Waals surface area contributed by atoms with E-state index in [0.717, 1.165) is 34.2 Å². The zero-order valence-electron chi connectivity index (χ0n) is 25.9. The van der Waals surface area contributed by atoms with E-state index in [2.05, 4.69) is 31.0 Å². The molecule has 48 heavy (non-hydrogen) atoms. The number of hydrogen-bond acceptors (Lipinski definition) is 9. The highest BCUT2D eigenvalue weighted by atomic mass is 19.1. The molecule has 6 aromatic rings. The average Bonchev–Trinajstić information content (AvgIpc) is 3.82. The van der Waals surface area contributed by atoms with Gasteiger partial charge in [-0.2, -0.15) is 5.10 Å². The fourth-order valence-corrected chi connectivity index (χ4v) is 7.35. The third-order valence-electron chi connectivity index (χ3n) is 9.58. The molecule has 0 unspecified atom stereocenters. The number of aromatic nitrogens is 7. The first-order chi connectivity index (χ1) is 23.4. The Hall–Kier alpha value is -5.50. The predicted octanol–water partition coefficient (Wildman–Crippen LogP) is 4.50. The molecule has 1 amide bonds. The first-order valence-electron chi connectivity index (χ1n) is 15.9. The number of carbonyl (C=O) groups is 1. The van der Waals surface area contributed by atoms with E-state index in [9.17, 15) is 13.6 Å². The van der Waals surface area contributed by atoms with Crippen molar-refractivity contribution < 1.29 is 18.3 Å². The molecule has 0 radical (unpaired) electrons. The number of nitrogens with one attached hydrogen (secondary N) is 1. The van der Waals surface area contributed by atoms with E-state index in [0.29, 0.717) is 61.8 Å². The van der Waals surface area contributed by atoms with Gasteiger partial charge < -0.3 is 24.4 Å². The highest BCUT2D eigenvalue weighted by Crippen LogP contribution is 2.36. The van der Waals surface area contributed by atoms with Crippen molar-refractivity contribution in [1.82, 2.24) is 39.2 Å². The van der Waals surface area contributed by atoms with Crippen LogP contribution >= 0.6 is 0 Å². The number of pyridine rings is 1. The molecular formula is C34H30F2N10O2. The van der Waals surface area contributed by atoms with Gasteiger partial charge in [0.25, 0.3) is 0 Å². The van der Waals surface area contributed by atoms with Gasteiger partial charge in [-0.15, -0.1) is 0 Å². The maximum absolute atomic E-state index is 14.8. The second-order valence-corrected chi connectivity index (χ2v) is 12.5. The van der Waals surface area contributed by atoms with Crippen molar-refractivity contribution in [2.24, 2.45) is 0 Å². The quantitative estimate of drug-likeness (QED) is 0.290. The Morgan fingerprint density at radius 1 is 1.04 bits per heavy atom. The van der Waals surface area contributed by atoms with Gasteiger partial charge in [-0.1, -0.05) is 18.2 Å². The molecule has 1 saturated heterocycles. The van der Waals surface area contributed by atoms with E-state index in [4.69, 9.17) is 14.7 Å². The maximum Gasteiger partial charge on any atom is 0.245 e. The van der Waals surface area contributed by atoms with Crippen LogP contribution in [0.1, 0.15) is 24.7 Å². The lowest BCUT2D eigenvalue weighted by Gasteiger charge is -2.31. The summed E-state index contributed by atoms with van der Waals surface area (Å²) in [6, 6.07) is 14.6. The number of ether oxygens (including phenoxy) is 1. The van der Waals surface area contributed by atoms with Crippen LogP contribution < -0.4 is 10.2 Å². The molecule has 1 fully saturated rings. The molecule has 3 aliphatic rings. The average molecular weight is 649 g/mol. The molecule has 2 aromatic carbocycles. The first kappa shape index (κ1) is 28.7. The van der Waals surface area contributed by atoms with Crippen molar-refractivity contribution in [3.63, 3.8) is 0 Å². The molecule has 12 nitrogen and oxygen atoms in total. The van der Waals surface area contributed by atoms with Gasteiger partial charge in [0.1, 0.15) is 47.9 Å². The van der Waals surface area contributed by atoms with Crippen LogP contribution in [0.15, 0.2) is 67.1 Å². The number of benzene rings is 2. The Kier molecular flexibility index (Phi) is 6.61. The summed E-state index contributed by atoms with van der Waals surface area (Å²) in [5, 5.41) is 8.52. The molecule has 3 atom stereocenters. The van der Waals surface area contributed by atoms with Gasteiger partial charge in [0.05, 0.1) is 41.0 Å². The normalized spacial score (nSPS) is 21.0. The van der Waals surface area contributed by atoms with E-state index in [1.807, 2.05) is 42.3 Å². The van der Waals surface area contributed by atoms with Gasteiger partial charge in [-0.3, -0.25) is 4.79 Å². The fourth-order valence-electron chi connectivity index (χ4n) is 7.35. The zero-order chi connectivity index (χ0) is 32.5. The number of likely N-dealkylation sites (N-methyl/N-ethyl adjacent to an activating group) is 1. The van der Waals surface area contributed by atoms with Gasteiger partial charge in [0, 0.05) is 37.8 Å². The fraction of sp³-hybridized carbons (Fsp3) is 0.294. The largest absolute Gasteiger partial charge is 0.371 e. The summed E-state index contributed by atoms with van der Waals surface area (Å²) >= 11 is 0. The van der Waals surface area contributed by atoms with Crippen LogP contribution in [-0.4, -0.2) is 83.9 Å². The summed E-state index contributed by atoms with van der Waals surface area (Å²) in [5.74, 6) is 0.559. The monoisotopic (exact) mass is 648 g/mol. The molecule has 9 rings (SSSR count). The van der Waals surface area contributed by atoms with Crippen LogP contribution in [-0.2, 0) is 16.1 Å². The Morgan fingerprint density at radius 3 is 2.83 bits per heavy atom. The Balaban J connectivity index is 1.13. The molecule has 0 spiro atoms. The van der Waals surface area contributed by atoms with Gasteiger partial charge in [0.2, 0.25) is 5.91 Å². The lowest BCUT2D eigenvalue weighted by Crippen LogP contribution is -2.45. The van der Waals surface area contributed by atoms with Gasteiger partial charge >= 0.3 is 0 Å². The second kappa shape index (κ2) is 11.0. The molecule has 242 valence electrons. The number of nitrogens with zero attached hydrogens (tertiary/aromatic N) is 9. The van der Waals surface area contributed by atoms with E-state index >= 15 is 0 Å².